The van der Waals surface area contributed by atoms with E-state index in [0.717, 1.165) is 24.5 Å². The van der Waals surface area contributed by atoms with Crippen molar-refractivity contribution >= 4 is 11.8 Å². The Balaban J connectivity index is 2.29. The first-order valence-electron chi connectivity index (χ1n) is 7.34. The first-order valence-corrected chi connectivity index (χ1v) is 8.49. The molecule has 108 valence electrons. The third-order valence-electron chi connectivity index (χ3n) is 2.97. The zero-order chi connectivity index (χ0) is 13.9. The van der Waals surface area contributed by atoms with E-state index in [-0.39, 0.29) is 6.04 Å². The van der Waals surface area contributed by atoms with Crippen molar-refractivity contribution in [1.29, 1.82) is 0 Å². The van der Waals surface area contributed by atoms with Crippen LogP contribution in [0.2, 0.25) is 0 Å². The van der Waals surface area contributed by atoms with Crippen LogP contribution in [-0.2, 0) is 0 Å². The zero-order valence-electron chi connectivity index (χ0n) is 12.2. The molecule has 2 nitrogen and oxygen atoms in total. The number of hydrogen-bond acceptors (Lipinski definition) is 3. The quantitative estimate of drug-likeness (QED) is 0.646. The Bertz CT molecular complexity index is 326. The first kappa shape index (κ1) is 16.4. The van der Waals surface area contributed by atoms with Gasteiger partial charge in [-0.05, 0) is 36.3 Å². The number of thioether (sulfide) groups is 1. The molecule has 1 aromatic rings. The van der Waals surface area contributed by atoms with Crippen LogP contribution in [0.5, 0.6) is 5.75 Å². The minimum Gasteiger partial charge on any atom is -0.494 e. The van der Waals surface area contributed by atoms with Crippen LogP contribution in [0.4, 0.5) is 0 Å². The molecule has 19 heavy (non-hydrogen) atoms. The fraction of sp³-hybridized carbons (Fsp3) is 0.625. The molecule has 0 aliphatic carbocycles. The molecule has 0 saturated heterocycles. The summed E-state index contributed by atoms with van der Waals surface area (Å²) in [5.41, 5.74) is 7.40. The van der Waals surface area contributed by atoms with Crippen molar-refractivity contribution in [3.63, 3.8) is 0 Å². The highest BCUT2D eigenvalue weighted by Gasteiger charge is 2.06. The summed E-state index contributed by atoms with van der Waals surface area (Å²) in [6.45, 7) is 5.12. The molecule has 1 aromatic carbocycles. The van der Waals surface area contributed by atoms with Gasteiger partial charge in [-0.1, -0.05) is 38.8 Å². The van der Waals surface area contributed by atoms with Crippen molar-refractivity contribution in [2.45, 2.75) is 45.6 Å². The summed E-state index contributed by atoms with van der Waals surface area (Å²) in [7, 11) is 0. The molecular formula is C16H27NOS. The number of ether oxygens (including phenoxy) is 1. The Morgan fingerprint density at radius 3 is 2.47 bits per heavy atom. The van der Waals surface area contributed by atoms with Gasteiger partial charge < -0.3 is 10.5 Å². The summed E-state index contributed by atoms with van der Waals surface area (Å²) in [6, 6.07) is 8.34. The van der Waals surface area contributed by atoms with Gasteiger partial charge in [0.15, 0.2) is 0 Å². The van der Waals surface area contributed by atoms with Crippen LogP contribution in [0.3, 0.4) is 0 Å². The first-order chi connectivity index (χ1) is 9.27. The van der Waals surface area contributed by atoms with Crippen LogP contribution in [0, 0.1) is 0 Å². The van der Waals surface area contributed by atoms with Gasteiger partial charge in [0.05, 0.1) is 6.61 Å². The van der Waals surface area contributed by atoms with Crippen LogP contribution < -0.4 is 10.5 Å². The van der Waals surface area contributed by atoms with Crippen molar-refractivity contribution in [2.75, 3.05) is 18.1 Å². The third kappa shape index (κ3) is 6.88. The van der Waals surface area contributed by atoms with Crippen LogP contribution in [0.25, 0.3) is 0 Å². The molecule has 0 heterocycles. The summed E-state index contributed by atoms with van der Waals surface area (Å²) in [5, 5.41) is 0. The van der Waals surface area contributed by atoms with Crippen molar-refractivity contribution in [1.82, 2.24) is 0 Å². The summed E-state index contributed by atoms with van der Waals surface area (Å²) < 4.78 is 5.57. The fourth-order valence-electron chi connectivity index (χ4n) is 1.79. The van der Waals surface area contributed by atoms with Crippen LogP contribution in [0.1, 0.15) is 51.1 Å². The van der Waals surface area contributed by atoms with Gasteiger partial charge >= 0.3 is 0 Å². The van der Waals surface area contributed by atoms with E-state index in [1.165, 1.54) is 30.6 Å². The molecule has 0 bridgehead atoms. The normalized spacial score (nSPS) is 12.4. The standard InChI is InChI=1S/C16H27NOS/c1-3-5-6-12-19-13-16(17)14-7-9-15(10-8-14)18-11-4-2/h7-10,16H,3-6,11-13,17H2,1-2H3. The third-order valence-corrected chi connectivity index (χ3v) is 4.14. The van der Waals surface area contributed by atoms with E-state index in [1.807, 2.05) is 23.9 Å². The highest BCUT2D eigenvalue weighted by atomic mass is 32.2. The second-order valence-electron chi connectivity index (χ2n) is 4.81. The van der Waals surface area contributed by atoms with Crippen molar-refractivity contribution in [2.24, 2.45) is 5.73 Å². The lowest BCUT2D eigenvalue weighted by Crippen LogP contribution is -2.13. The van der Waals surface area contributed by atoms with E-state index >= 15 is 0 Å². The molecule has 0 aromatic heterocycles. The van der Waals surface area contributed by atoms with E-state index in [1.54, 1.807) is 0 Å². The lowest BCUT2D eigenvalue weighted by molar-refractivity contribution is 0.317. The molecule has 0 spiro atoms. The minimum absolute atomic E-state index is 0.131. The second-order valence-corrected chi connectivity index (χ2v) is 5.96. The highest BCUT2D eigenvalue weighted by molar-refractivity contribution is 7.99. The molecule has 1 rings (SSSR count). The van der Waals surface area contributed by atoms with Gasteiger partial charge in [0.25, 0.3) is 0 Å². The lowest BCUT2D eigenvalue weighted by Gasteiger charge is -2.12. The second kappa shape index (κ2) is 10.2. The van der Waals surface area contributed by atoms with Crippen LogP contribution >= 0.6 is 11.8 Å². The summed E-state index contributed by atoms with van der Waals surface area (Å²) in [6.07, 6.45) is 4.95. The van der Waals surface area contributed by atoms with Gasteiger partial charge in [-0.3, -0.25) is 0 Å². The average molecular weight is 281 g/mol. The molecule has 3 heteroatoms. The number of benzene rings is 1. The van der Waals surface area contributed by atoms with Gasteiger partial charge in [0.1, 0.15) is 5.75 Å². The Hall–Kier alpha value is -0.670. The predicted molar refractivity (Wildman–Crippen MR) is 86.0 cm³/mol. The summed E-state index contributed by atoms with van der Waals surface area (Å²) in [4.78, 5) is 0. The summed E-state index contributed by atoms with van der Waals surface area (Å²) >= 11 is 1.96. The molecule has 0 fully saturated rings. The molecule has 1 unspecified atom stereocenters. The van der Waals surface area contributed by atoms with E-state index in [2.05, 4.69) is 26.0 Å². The maximum Gasteiger partial charge on any atom is 0.119 e. The van der Waals surface area contributed by atoms with Gasteiger partial charge in [0, 0.05) is 11.8 Å². The maximum atomic E-state index is 6.20. The largest absolute Gasteiger partial charge is 0.494 e. The van der Waals surface area contributed by atoms with Crippen molar-refractivity contribution in [3.8, 4) is 5.75 Å². The Morgan fingerprint density at radius 1 is 1.11 bits per heavy atom. The minimum atomic E-state index is 0.131. The molecule has 1 atom stereocenters. The lowest BCUT2D eigenvalue weighted by atomic mass is 10.1. The maximum absolute atomic E-state index is 6.20. The summed E-state index contributed by atoms with van der Waals surface area (Å²) in [5.74, 6) is 3.16. The van der Waals surface area contributed by atoms with E-state index in [4.69, 9.17) is 10.5 Å². The average Bonchev–Trinajstić information content (AvgIpc) is 2.45. The Kier molecular flexibility index (Phi) is 8.76. The Morgan fingerprint density at radius 2 is 1.84 bits per heavy atom. The highest BCUT2D eigenvalue weighted by Crippen LogP contribution is 2.20. The molecule has 0 radical (unpaired) electrons. The van der Waals surface area contributed by atoms with Gasteiger partial charge in [-0.15, -0.1) is 0 Å². The predicted octanol–water partition coefficient (Wildman–Crippen LogP) is 4.40. The van der Waals surface area contributed by atoms with Crippen molar-refractivity contribution in [3.05, 3.63) is 29.8 Å². The van der Waals surface area contributed by atoms with E-state index in [0.29, 0.717) is 0 Å². The topological polar surface area (TPSA) is 35.2 Å². The zero-order valence-corrected chi connectivity index (χ0v) is 13.0. The van der Waals surface area contributed by atoms with Crippen molar-refractivity contribution < 1.29 is 4.74 Å². The number of unbranched alkanes of at least 4 members (excludes halogenated alkanes) is 2. The number of rotatable bonds is 10. The molecule has 0 aliphatic rings. The van der Waals surface area contributed by atoms with Crippen LogP contribution in [-0.4, -0.2) is 18.1 Å². The van der Waals surface area contributed by atoms with E-state index < -0.39 is 0 Å². The molecular weight excluding hydrogens is 254 g/mol. The molecule has 0 aliphatic heterocycles. The van der Waals surface area contributed by atoms with Crippen LogP contribution in [0.15, 0.2) is 24.3 Å². The number of nitrogens with two attached hydrogens (primary N) is 1. The SMILES string of the molecule is CCCCCSCC(N)c1ccc(OCCC)cc1. The number of hydrogen-bond donors (Lipinski definition) is 1. The smallest absolute Gasteiger partial charge is 0.119 e. The van der Waals surface area contributed by atoms with Gasteiger partial charge in [0.2, 0.25) is 0 Å². The molecule has 2 N–H and O–H groups in total. The monoisotopic (exact) mass is 281 g/mol. The van der Waals surface area contributed by atoms with E-state index in [9.17, 15) is 0 Å². The fourth-order valence-corrected chi connectivity index (χ4v) is 2.81. The molecule has 0 amide bonds. The molecule has 0 saturated carbocycles. The van der Waals surface area contributed by atoms with Gasteiger partial charge in [-0.25, -0.2) is 0 Å². The Labute approximate surface area is 122 Å². The van der Waals surface area contributed by atoms with Gasteiger partial charge in [-0.2, -0.15) is 11.8 Å².